The van der Waals surface area contributed by atoms with Crippen molar-refractivity contribution in [3.05, 3.63) is 57.8 Å². The van der Waals surface area contributed by atoms with Gasteiger partial charge in [0, 0.05) is 31.3 Å². The fourth-order valence-corrected chi connectivity index (χ4v) is 10.7. The Morgan fingerprint density at radius 2 is 1.11 bits per heavy atom. The summed E-state index contributed by atoms with van der Waals surface area (Å²) < 4.78 is 30.6. The predicted octanol–water partition coefficient (Wildman–Crippen LogP) is 10.3. The van der Waals surface area contributed by atoms with Gasteiger partial charge in [-0.2, -0.15) is 8.78 Å². The third-order valence-electron chi connectivity index (χ3n) is 8.20. The standard InChI is InChI=1S/C32H32F2S2Si2/c1-6-37(7-2)13-11-23-25-15-21-17-31(33)36-30(21)20-28(25)24(12-14-38(8-3,9-4)10-5)26-16-22-18-32(34)35-29(22)19-27(23)26/h15-20,37H,6-10H2,1-5H3. The molecule has 0 N–H and O–H groups in total. The van der Waals surface area contributed by atoms with Gasteiger partial charge in [0.1, 0.15) is 16.9 Å². The topological polar surface area (TPSA) is 0 Å². The lowest BCUT2D eigenvalue weighted by molar-refractivity contribution is 0.658. The van der Waals surface area contributed by atoms with Crippen molar-refractivity contribution < 1.29 is 8.78 Å². The van der Waals surface area contributed by atoms with Crippen molar-refractivity contribution in [1.29, 1.82) is 0 Å². The van der Waals surface area contributed by atoms with E-state index in [2.05, 4.69) is 81.8 Å². The lowest BCUT2D eigenvalue weighted by Crippen LogP contribution is -2.29. The number of rotatable bonds is 5. The molecule has 0 atom stereocenters. The molecule has 0 saturated heterocycles. The third-order valence-corrected chi connectivity index (χ3v) is 17.2. The highest BCUT2D eigenvalue weighted by Crippen LogP contribution is 2.40. The van der Waals surface area contributed by atoms with Crippen LogP contribution in [0.2, 0.25) is 30.2 Å². The Kier molecular flexibility index (Phi) is 7.80. The maximum absolute atomic E-state index is 14.4. The van der Waals surface area contributed by atoms with Crippen LogP contribution in [-0.2, 0) is 0 Å². The highest BCUT2D eigenvalue weighted by molar-refractivity contribution is 7.18. The first-order valence-electron chi connectivity index (χ1n) is 13.6. The second kappa shape index (κ2) is 10.9. The number of hydrogen-bond donors (Lipinski definition) is 0. The zero-order chi connectivity index (χ0) is 27.0. The van der Waals surface area contributed by atoms with E-state index in [0.717, 1.165) is 83.1 Å². The van der Waals surface area contributed by atoms with Crippen LogP contribution in [0.4, 0.5) is 8.78 Å². The van der Waals surface area contributed by atoms with Crippen molar-refractivity contribution in [1.82, 2.24) is 0 Å². The molecular weight excluding hydrogens is 543 g/mol. The minimum Gasteiger partial charge on any atom is -0.195 e. The Bertz CT molecular complexity index is 1690. The molecule has 2 heterocycles. The average molecular weight is 575 g/mol. The van der Waals surface area contributed by atoms with Gasteiger partial charge in [-0.05, 0) is 76.1 Å². The molecule has 0 unspecified atom stereocenters. The minimum atomic E-state index is -1.73. The molecule has 0 spiro atoms. The lowest BCUT2D eigenvalue weighted by atomic mass is 9.91. The van der Waals surface area contributed by atoms with Gasteiger partial charge in [0.05, 0.1) is 0 Å². The minimum absolute atomic E-state index is 0.185. The van der Waals surface area contributed by atoms with E-state index in [1.54, 1.807) is 12.1 Å². The molecule has 0 radical (unpaired) electrons. The number of halogens is 2. The molecule has 0 aliphatic rings. The molecule has 0 fully saturated rings. The summed E-state index contributed by atoms with van der Waals surface area (Å²) in [5.74, 6) is 7.28. The van der Waals surface area contributed by atoms with Crippen molar-refractivity contribution in [2.24, 2.45) is 0 Å². The summed E-state index contributed by atoms with van der Waals surface area (Å²) in [7, 11) is -2.90. The van der Waals surface area contributed by atoms with Crippen LogP contribution < -0.4 is 0 Å². The van der Waals surface area contributed by atoms with E-state index in [1.807, 2.05) is 0 Å². The number of fused-ring (bicyclic) bond motifs is 4. The van der Waals surface area contributed by atoms with Crippen LogP contribution in [0.15, 0.2) is 36.4 Å². The van der Waals surface area contributed by atoms with Gasteiger partial charge in [-0.1, -0.05) is 58.5 Å². The molecule has 6 heteroatoms. The van der Waals surface area contributed by atoms with Gasteiger partial charge in [0.2, 0.25) is 0 Å². The van der Waals surface area contributed by atoms with Crippen LogP contribution in [0, 0.1) is 33.2 Å². The highest BCUT2D eigenvalue weighted by Gasteiger charge is 2.25. The van der Waals surface area contributed by atoms with E-state index in [4.69, 9.17) is 0 Å². The van der Waals surface area contributed by atoms with Gasteiger partial charge >= 0.3 is 0 Å². The maximum atomic E-state index is 14.4. The molecule has 3 aromatic carbocycles. The summed E-state index contributed by atoms with van der Waals surface area (Å²) in [5.41, 5.74) is 9.38. The maximum Gasteiger partial charge on any atom is 0.177 e. The van der Waals surface area contributed by atoms with Crippen LogP contribution in [0.5, 0.6) is 0 Å². The number of benzene rings is 3. The average Bonchev–Trinajstić information content (AvgIpc) is 3.47. The van der Waals surface area contributed by atoms with Crippen molar-refractivity contribution in [2.45, 2.75) is 64.8 Å². The second-order valence-electron chi connectivity index (χ2n) is 10.1. The molecule has 0 nitrogen and oxygen atoms in total. The first kappa shape index (κ1) is 27.1. The van der Waals surface area contributed by atoms with Crippen LogP contribution in [0.25, 0.3) is 41.7 Å². The highest BCUT2D eigenvalue weighted by atomic mass is 32.1. The molecule has 5 rings (SSSR count). The van der Waals surface area contributed by atoms with Crippen LogP contribution in [0.1, 0.15) is 45.7 Å². The van der Waals surface area contributed by atoms with E-state index in [1.165, 1.54) is 22.7 Å². The Labute approximate surface area is 234 Å². The smallest absolute Gasteiger partial charge is 0.177 e. The fraction of sp³-hybridized carbons (Fsp3) is 0.312. The Morgan fingerprint density at radius 3 is 1.55 bits per heavy atom. The molecular formula is C32H32F2S2Si2. The summed E-state index contributed by atoms with van der Waals surface area (Å²) in [6.45, 7) is 11.2. The molecule has 0 amide bonds. The quantitative estimate of drug-likeness (QED) is 0.111. The van der Waals surface area contributed by atoms with Gasteiger partial charge in [0.25, 0.3) is 0 Å². The number of thiophene rings is 2. The lowest BCUT2D eigenvalue weighted by Gasteiger charge is -2.20. The summed E-state index contributed by atoms with van der Waals surface area (Å²) in [6.07, 6.45) is 0. The van der Waals surface area contributed by atoms with Gasteiger partial charge in [-0.15, -0.1) is 33.8 Å². The SMILES string of the molecule is CC[SiH](C#Cc1c2cc3cc(F)sc3cc2c(C#C[Si](CC)(CC)CC)c2cc3cc(F)sc3cc12)CC. The van der Waals surface area contributed by atoms with E-state index in [-0.39, 0.29) is 10.3 Å². The summed E-state index contributed by atoms with van der Waals surface area (Å²) in [4.78, 5) is 0. The van der Waals surface area contributed by atoms with Gasteiger partial charge in [0.15, 0.2) is 10.3 Å². The Hall–Kier alpha value is -2.49. The second-order valence-corrected chi connectivity index (χ2v) is 20.4. The fourth-order valence-electron chi connectivity index (χ4n) is 5.37. The predicted molar refractivity (Wildman–Crippen MR) is 171 cm³/mol. The molecule has 2 aromatic heterocycles. The van der Waals surface area contributed by atoms with Crippen LogP contribution in [0.3, 0.4) is 0 Å². The summed E-state index contributed by atoms with van der Waals surface area (Å²) in [5, 5.41) is 5.50. The first-order valence-corrected chi connectivity index (χ1v) is 20.1. The van der Waals surface area contributed by atoms with Crippen LogP contribution >= 0.6 is 22.7 Å². The van der Waals surface area contributed by atoms with Gasteiger partial charge in [-0.3, -0.25) is 0 Å². The summed E-state index contributed by atoms with van der Waals surface area (Å²) in [6, 6.07) is 17.2. The summed E-state index contributed by atoms with van der Waals surface area (Å²) >= 11 is 2.34. The zero-order valence-electron chi connectivity index (χ0n) is 22.6. The molecule has 0 aliphatic heterocycles. The van der Waals surface area contributed by atoms with Crippen molar-refractivity contribution in [2.75, 3.05) is 0 Å². The van der Waals surface area contributed by atoms with E-state index in [0.29, 0.717) is 0 Å². The molecule has 194 valence electrons. The normalized spacial score (nSPS) is 11.9. The molecule has 0 saturated carbocycles. The van der Waals surface area contributed by atoms with Crippen LogP contribution in [-0.4, -0.2) is 16.9 Å². The van der Waals surface area contributed by atoms with Crippen molar-refractivity contribution in [3.63, 3.8) is 0 Å². The zero-order valence-corrected chi connectivity index (χ0v) is 26.4. The van der Waals surface area contributed by atoms with Gasteiger partial charge in [-0.25, -0.2) is 0 Å². The largest absolute Gasteiger partial charge is 0.195 e. The molecule has 38 heavy (non-hydrogen) atoms. The molecule has 0 aliphatic carbocycles. The monoisotopic (exact) mass is 574 g/mol. The van der Waals surface area contributed by atoms with E-state index >= 15 is 0 Å². The van der Waals surface area contributed by atoms with E-state index < -0.39 is 16.9 Å². The van der Waals surface area contributed by atoms with Crippen molar-refractivity contribution in [3.8, 4) is 22.9 Å². The first-order chi connectivity index (χ1) is 18.3. The third kappa shape index (κ3) is 4.84. The Balaban J connectivity index is 1.98. The number of hydrogen-bond acceptors (Lipinski definition) is 2. The van der Waals surface area contributed by atoms with Crippen molar-refractivity contribution >= 4 is 81.3 Å². The Morgan fingerprint density at radius 1 is 0.658 bits per heavy atom. The molecule has 0 bridgehead atoms. The van der Waals surface area contributed by atoms with Gasteiger partial charge < -0.3 is 0 Å². The van der Waals surface area contributed by atoms with E-state index in [9.17, 15) is 8.78 Å². The molecule has 5 aromatic rings.